The smallest absolute Gasteiger partial charge is 0.236 e. The van der Waals surface area contributed by atoms with Crippen molar-refractivity contribution >= 4 is 11.8 Å². The minimum absolute atomic E-state index is 0.0833. The van der Waals surface area contributed by atoms with Crippen LogP contribution in [-0.4, -0.2) is 72.3 Å². The molecule has 0 radical (unpaired) electrons. The van der Waals surface area contributed by atoms with E-state index in [0.717, 1.165) is 37.3 Å². The third-order valence-electron chi connectivity index (χ3n) is 6.75. The molecule has 6 nitrogen and oxygen atoms in total. The van der Waals surface area contributed by atoms with Crippen LogP contribution in [-0.2, 0) is 9.59 Å². The molecule has 2 aromatic carbocycles. The summed E-state index contributed by atoms with van der Waals surface area (Å²) in [7, 11) is 0. The van der Waals surface area contributed by atoms with Gasteiger partial charge in [-0.25, -0.2) is 8.78 Å². The molecule has 0 saturated carbocycles. The fraction of sp³-hybridized carbons (Fsp3) is 0.440. The maximum atomic E-state index is 13.5. The number of piperazine rings is 1. The van der Waals surface area contributed by atoms with E-state index in [9.17, 15) is 18.4 Å². The van der Waals surface area contributed by atoms with E-state index in [1.165, 1.54) is 24.3 Å². The predicted molar refractivity (Wildman–Crippen MR) is 121 cm³/mol. The van der Waals surface area contributed by atoms with Gasteiger partial charge in [-0.2, -0.15) is 0 Å². The van der Waals surface area contributed by atoms with E-state index in [-0.39, 0.29) is 35.4 Å². The third kappa shape index (κ3) is 5.75. The summed E-state index contributed by atoms with van der Waals surface area (Å²) in [4.78, 5) is 30.3. The zero-order valence-corrected chi connectivity index (χ0v) is 18.6. The quantitative estimate of drug-likeness (QED) is 0.725. The van der Waals surface area contributed by atoms with Crippen molar-refractivity contribution in [2.24, 2.45) is 11.7 Å². The second kappa shape index (κ2) is 10.4. The van der Waals surface area contributed by atoms with Gasteiger partial charge in [-0.1, -0.05) is 24.3 Å². The van der Waals surface area contributed by atoms with Gasteiger partial charge in [0.1, 0.15) is 11.6 Å². The highest BCUT2D eigenvalue weighted by atomic mass is 19.1. The molecule has 0 aromatic heterocycles. The van der Waals surface area contributed by atoms with Gasteiger partial charge in [-0.3, -0.25) is 19.4 Å². The van der Waals surface area contributed by atoms with Gasteiger partial charge in [0.05, 0.1) is 12.6 Å². The first-order valence-electron chi connectivity index (χ1n) is 11.4. The average molecular weight is 457 g/mol. The normalized spacial score (nSPS) is 18.6. The molecular formula is C25H30F2N4O2. The Labute approximate surface area is 192 Å². The van der Waals surface area contributed by atoms with Crippen LogP contribution in [0.1, 0.15) is 30.0 Å². The third-order valence-corrected chi connectivity index (χ3v) is 6.75. The number of hydrogen-bond donors (Lipinski definition) is 1. The van der Waals surface area contributed by atoms with Crippen molar-refractivity contribution in [3.05, 3.63) is 71.3 Å². The molecule has 2 aromatic rings. The van der Waals surface area contributed by atoms with Crippen LogP contribution in [0.2, 0.25) is 0 Å². The van der Waals surface area contributed by atoms with Crippen molar-refractivity contribution in [1.29, 1.82) is 0 Å². The Morgan fingerprint density at radius 2 is 1.30 bits per heavy atom. The lowest BCUT2D eigenvalue weighted by molar-refractivity contribution is -0.136. The van der Waals surface area contributed by atoms with E-state index in [1.54, 1.807) is 24.3 Å². The molecule has 2 heterocycles. The molecule has 2 N–H and O–H groups in total. The van der Waals surface area contributed by atoms with Crippen LogP contribution >= 0.6 is 0 Å². The Hall–Kier alpha value is -2.84. The fourth-order valence-corrected chi connectivity index (χ4v) is 4.79. The Kier molecular flexibility index (Phi) is 7.35. The largest absolute Gasteiger partial charge is 0.369 e. The van der Waals surface area contributed by atoms with Gasteiger partial charge >= 0.3 is 0 Å². The summed E-state index contributed by atoms with van der Waals surface area (Å²) >= 11 is 0. The van der Waals surface area contributed by atoms with Crippen molar-refractivity contribution in [2.45, 2.75) is 18.9 Å². The Balaban J connectivity index is 1.37. The molecule has 2 aliphatic rings. The van der Waals surface area contributed by atoms with Gasteiger partial charge in [0.15, 0.2) is 0 Å². The zero-order chi connectivity index (χ0) is 23.4. The number of likely N-dealkylation sites (tertiary alicyclic amines) is 1. The molecule has 0 unspecified atom stereocenters. The highest BCUT2D eigenvalue weighted by molar-refractivity contribution is 5.80. The highest BCUT2D eigenvalue weighted by Gasteiger charge is 2.30. The maximum Gasteiger partial charge on any atom is 0.236 e. The number of carbonyl (C=O) groups excluding carboxylic acids is 2. The van der Waals surface area contributed by atoms with Crippen LogP contribution in [0.15, 0.2) is 48.5 Å². The second-order valence-corrected chi connectivity index (χ2v) is 8.88. The van der Waals surface area contributed by atoms with E-state index in [4.69, 9.17) is 5.73 Å². The van der Waals surface area contributed by atoms with Crippen molar-refractivity contribution in [2.75, 3.05) is 45.8 Å². The van der Waals surface area contributed by atoms with E-state index in [1.807, 2.05) is 4.90 Å². The summed E-state index contributed by atoms with van der Waals surface area (Å²) in [6.07, 6.45) is 1.26. The Bertz CT molecular complexity index is 906. The van der Waals surface area contributed by atoms with Crippen molar-refractivity contribution < 1.29 is 18.4 Å². The number of nitrogens with two attached hydrogens (primary N) is 1. The van der Waals surface area contributed by atoms with Crippen LogP contribution in [0, 0.1) is 17.6 Å². The minimum atomic E-state index is -0.292. The number of rotatable bonds is 6. The number of amides is 2. The number of benzene rings is 2. The van der Waals surface area contributed by atoms with E-state index >= 15 is 0 Å². The summed E-state index contributed by atoms with van der Waals surface area (Å²) in [5.74, 6) is -0.915. The molecule has 4 rings (SSSR count). The van der Waals surface area contributed by atoms with Gasteiger partial charge < -0.3 is 10.6 Å². The van der Waals surface area contributed by atoms with Gasteiger partial charge in [0.25, 0.3) is 0 Å². The SMILES string of the molecule is NC(=O)C1CCN(C(=O)CN2CCN(C(c3ccc(F)cc3)c3ccc(F)cc3)CC2)CC1. The molecular weight excluding hydrogens is 426 g/mol. The molecule has 2 amide bonds. The molecule has 176 valence electrons. The molecule has 0 atom stereocenters. The second-order valence-electron chi connectivity index (χ2n) is 8.88. The molecule has 0 bridgehead atoms. The van der Waals surface area contributed by atoms with Gasteiger partial charge in [0, 0.05) is 45.2 Å². The number of carbonyl (C=O) groups is 2. The first-order chi connectivity index (χ1) is 15.9. The summed E-state index contributed by atoms with van der Waals surface area (Å²) in [6, 6.07) is 12.8. The summed E-state index contributed by atoms with van der Waals surface area (Å²) < 4.78 is 27.0. The monoisotopic (exact) mass is 456 g/mol. The lowest BCUT2D eigenvalue weighted by Gasteiger charge is -2.40. The number of hydrogen-bond acceptors (Lipinski definition) is 4. The molecule has 8 heteroatoms. The number of halogens is 2. The van der Waals surface area contributed by atoms with Crippen LogP contribution in [0.3, 0.4) is 0 Å². The van der Waals surface area contributed by atoms with Crippen molar-refractivity contribution in [3.63, 3.8) is 0 Å². The lowest BCUT2D eigenvalue weighted by atomic mass is 9.96. The Morgan fingerprint density at radius 3 is 1.76 bits per heavy atom. The maximum absolute atomic E-state index is 13.5. The summed E-state index contributed by atoms with van der Waals surface area (Å²) in [5.41, 5.74) is 7.28. The van der Waals surface area contributed by atoms with E-state index in [0.29, 0.717) is 32.5 Å². The van der Waals surface area contributed by atoms with Gasteiger partial charge in [-0.15, -0.1) is 0 Å². The van der Waals surface area contributed by atoms with Gasteiger partial charge in [0.2, 0.25) is 11.8 Å². The number of nitrogens with zero attached hydrogens (tertiary/aromatic N) is 3. The molecule has 2 saturated heterocycles. The standard InChI is InChI=1S/C25H30F2N4O2/c26-21-5-1-18(2-6-21)24(19-3-7-22(27)8-4-19)31-15-13-29(14-16-31)17-23(32)30-11-9-20(10-12-30)25(28)33/h1-8,20,24H,9-17H2,(H2,28,33). The van der Waals surface area contributed by atoms with E-state index < -0.39 is 0 Å². The topological polar surface area (TPSA) is 69.9 Å². The first-order valence-corrected chi connectivity index (χ1v) is 11.4. The van der Waals surface area contributed by atoms with Crippen LogP contribution in [0.25, 0.3) is 0 Å². The first kappa shape index (κ1) is 23.3. The van der Waals surface area contributed by atoms with Crippen molar-refractivity contribution in [1.82, 2.24) is 14.7 Å². The molecule has 2 fully saturated rings. The average Bonchev–Trinajstić information content (AvgIpc) is 2.83. The van der Waals surface area contributed by atoms with Crippen molar-refractivity contribution in [3.8, 4) is 0 Å². The molecule has 0 aliphatic carbocycles. The van der Waals surface area contributed by atoms with Gasteiger partial charge in [-0.05, 0) is 48.2 Å². The summed E-state index contributed by atoms with van der Waals surface area (Å²) in [6.45, 7) is 4.41. The number of primary amides is 1. The van der Waals surface area contributed by atoms with Crippen LogP contribution < -0.4 is 5.73 Å². The fourth-order valence-electron chi connectivity index (χ4n) is 4.79. The van der Waals surface area contributed by atoms with Crippen LogP contribution in [0.5, 0.6) is 0 Å². The number of piperidine rings is 1. The lowest BCUT2D eigenvalue weighted by Crippen LogP contribution is -2.52. The molecule has 33 heavy (non-hydrogen) atoms. The molecule has 0 spiro atoms. The Morgan fingerprint density at radius 1 is 0.818 bits per heavy atom. The van der Waals surface area contributed by atoms with Crippen LogP contribution in [0.4, 0.5) is 8.78 Å². The van der Waals surface area contributed by atoms with E-state index in [2.05, 4.69) is 9.80 Å². The molecule has 2 aliphatic heterocycles. The minimum Gasteiger partial charge on any atom is -0.369 e. The highest BCUT2D eigenvalue weighted by Crippen LogP contribution is 2.30. The summed E-state index contributed by atoms with van der Waals surface area (Å²) in [5, 5.41) is 0. The predicted octanol–water partition coefficient (Wildman–Crippen LogP) is 2.40. The zero-order valence-electron chi connectivity index (χ0n) is 18.6.